The van der Waals surface area contributed by atoms with Crippen LogP contribution >= 0.6 is 0 Å². The van der Waals surface area contributed by atoms with Gasteiger partial charge in [0, 0.05) is 31.6 Å². The summed E-state index contributed by atoms with van der Waals surface area (Å²) in [6.45, 7) is 3.70. The molecule has 1 fully saturated rings. The highest BCUT2D eigenvalue weighted by Crippen LogP contribution is 2.20. The topological polar surface area (TPSA) is 80.3 Å². The smallest absolute Gasteiger partial charge is 0.244 e. The van der Waals surface area contributed by atoms with Gasteiger partial charge in [-0.25, -0.2) is 13.1 Å². The predicted molar refractivity (Wildman–Crippen MR) is 72.6 cm³/mol. The number of hydrogen-bond acceptors (Lipinski definition) is 5. The lowest BCUT2D eigenvalue weighted by molar-refractivity contribution is 0.0774. The van der Waals surface area contributed by atoms with Crippen molar-refractivity contribution >= 4 is 15.7 Å². The average Bonchev–Trinajstić information content (AvgIpc) is 2.40. The van der Waals surface area contributed by atoms with Crippen LogP contribution in [0, 0.1) is 0 Å². The summed E-state index contributed by atoms with van der Waals surface area (Å²) in [5, 5.41) is 3.03. The van der Waals surface area contributed by atoms with E-state index in [4.69, 9.17) is 4.74 Å². The van der Waals surface area contributed by atoms with Crippen molar-refractivity contribution in [3.05, 3.63) is 18.5 Å². The summed E-state index contributed by atoms with van der Waals surface area (Å²) in [7, 11) is -3.57. The Hall–Kier alpha value is -1.18. The van der Waals surface area contributed by atoms with Crippen LogP contribution in [0.5, 0.6) is 0 Å². The number of ether oxygens (including phenoxy) is 1. The second-order valence-electron chi connectivity index (χ2n) is 4.44. The van der Waals surface area contributed by atoms with Crippen molar-refractivity contribution in [2.45, 2.75) is 30.7 Å². The SMILES string of the molecule is CCNc1ccncc1S(=O)(=O)NC1CCCOC1. The van der Waals surface area contributed by atoms with Crippen molar-refractivity contribution in [1.82, 2.24) is 9.71 Å². The molecule has 0 aliphatic carbocycles. The van der Waals surface area contributed by atoms with Crippen LogP contribution in [-0.2, 0) is 14.8 Å². The molecule has 0 bridgehead atoms. The number of anilines is 1. The first kappa shape index (κ1) is 14.2. The molecule has 1 aliphatic heterocycles. The molecule has 1 saturated heterocycles. The lowest BCUT2D eigenvalue weighted by atomic mass is 10.1. The maximum absolute atomic E-state index is 12.3. The Bertz CT molecular complexity index is 513. The van der Waals surface area contributed by atoms with Gasteiger partial charge >= 0.3 is 0 Å². The zero-order valence-electron chi connectivity index (χ0n) is 10.9. The summed E-state index contributed by atoms with van der Waals surface area (Å²) < 4.78 is 32.7. The maximum atomic E-state index is 12.3. The Kier molecular flexibility index (Phi) is 4.73. The Morgan fingerprint density at radius 1 is 1.53 bits per heavy atom. The number of nitrogens with one attached hydrogen (secondary N) is 2. The molecule has 0 aromatic carbocycles. The van der Waals surface area contributed by atoms with Gasteiger partial charge in [0.1, 0.15) is 4.90 Å². The molecule has 1 aliphatic rings. The lowest BCUT2D eigenvalue weighted by Gasteiger charge is -2.23. The molecule has 19 heavy (non-hydrogen) atoms. The van der Waals surface area contributed by atoms with Crippen LogP contribution in [0.2, 0.25) is 0 Å². The van der Waals surface area contributed by atoms with Gasteiger partial charge in [0.25, 0.3) is 0 Å². The van der Waals surface area contributed by atoms with E-state index in [2.05, 4.69) is 15.0 Å². The third-order valence-corrected chi connectivity index (χ3v) is 4.47. The number of rotatable bonds is 5. The van der Waals surface area contributed by atoms with Crippen LogP contribution in [0.1, 0.15) is 19.8 Å². The number of sulfonamides is 1. The van der Waals surface area contributed by atoms with Crippen molar-refractivity contribution < 1.29 is 13.2 Å². The van der Waals surface area contributed by atoms with Gasteiger partial charge in [-0.1, -0.05) is 0 Å². The van der Waals surface area contributed by atoms with Gasteiger partial charge in [0.2, 0.25) is 10.0 Å². The number of nitrogens with zero attached hydrogens (tertiary/aromatic N) is 1. The van der Waals surface area contributed by atoms with E-state index in [9.17, 15) is 8.42 Å². The fraction of sp³-hybridized carbons (Fsp3) is 0.583. The van der Waals surface area contributed by atoms with Crippen molar-refractivity contribution in [3.8, 4) is 0 Å². The standard InChI is InChI=1S/C12H19N3O3S/c1-2-14-11-5-6-13-8-12(11)19(16,17)15-10-4-3-7-18-9-10/h5-6,8,10,15H,2-4,7,9H2,1H3,(H,13,14). The third kappa shape index (κ3) is 3.65. The van der Waals surface area contributed by atoms with E-state index in [0.29, 0.717) is 25.4 Å². The van der Waals surface area contributed by atoms with Crippen molar-refractivity contribution in [2.24, 2.45) is 0 Å². The molecule has 1 aromatic rings. The Balaban J connectivity index is 2.18. The minimum absolute atomic E-state index is 0.159. The van der Waals surface area contributed by atoms with E-state index in [1.165, 1.54) is 6.20 Å². The summed E-state index contributed by atoms with van der Waals surface area (Å²) >= 11 is 0. The van der Waals surface area contributed by atoms with Crippen molar-refractivity contribution in [1.29, 1.82) is 0 Å². The minimum atomic E-state index is -3.57. The lowest BCUT2D eigenvalue weighted by Crippen LogP contribution is -2.40. The number of pyridine rings is 1. The second-order valence-corrected chi connectivity index (χ2v) is 6.12. The molecule has 106 valence electrons. The largest absolute Gasteiger partial charge is 0.384 e. The molecule has 1 atom stereocenters. The predicted octanol–water partition coefficient (Wildman–Crippen LogP) is 0.971. The first-order valence-corrected chi connectivity index (χ1v) is 7.90. The Labute approximate surface area is 113 Å². The molecule has 0 saturated carbocycles. The third-order valence-electron chi connectivity index (χ3n) is 2.92. The summed E-state index contributed by atoms with van der Waals surface area (Å²) in [5.74, 6) is 0. The molecule has 2 heterocycles. The average molecular weight is 285 g/mol. The van der Waals surface area contributed by atoms with E-state index < -0.39 is 10.0 Å². The molecule has 0 amide bonds. The molecular weight excluding hydrogens is 266 g/mol. The van der Waals surface area contributed by atoms with Crippen LogP contribution < -0.4 is 10.0 Å². The summed E-state index contributed by atoms with van der Waals surface area (Å²) in [4.78, 5) is 4.08. The number of aromatic nitrogens is 1. The van der Waals surface area contributed by atoms with Gasteiger partial charge in [-0.2, -0.15) is 0 Å². The zero-order valence-corrected chi connectivity index (χ0v) is 11.7. The summed E-state index contributed by atoms with van der Waals surface area (Å²) in [6, 6.07) is 1.50. The van der Waals surface area contributed by atoms with Crippen molar-refractivity contribution in [2.75, 3.05) is 25.1 Å². The van der Waals surface area contributed by atoms with Gasteiger partial charge in [0.15, 0.2) is 0 Å². The van der Waals surface area contributed by atoms with E-state index in [0.717, 1.165) is 12.8 Å². The van der Waals surface area contributed by atoms with Crippen LogP contribution in [0.15, 0.2) is 23.4 Å². The highest BCUT2D eigenvalue weighted by Gasteiger charge is 2.24. The zero-order chi connectivity index (χ0) is 13.7. The first-order chi connectivity index (χ1) is 9.13. The molecule has 1 aromatic heterocycles. The highest BCUT2D eigenvalue weighted by molar-refractivity contribution is 7.89. The van der Waals surface area contributed by atoms with Crippen molar-refractivity contribution in [3.63, 3.8) is 0 Å². The van der Waals surface area contributed by atoms with Crippen LogP contribution in [0.25, 0.3) is 0 Å². The molecule has 2 rings (SSSR count). The van der Waals surface area contributed by atoms with Gasteiger partial charge in [-0.3, -0.25) is 4.98 Å². The molecule has 2 N–H and O–H groups in total. The van der Waals surface area contributed by atoms with E-state index in [-0.39, 0.29) is 10.9 Å². The molecule has 7 heteroatoms. The second kappa shape index (κ2) is 6.31. The Morgan fingerprint density at radius 2 is 2.37 bits per heavy atom. The monoisotopic (exact) mass is 285 g/mol. The van der Waals surface area contributed by atoms with Gasteiger partial charge in [0.05, 0.1) is 12.3 Å². The van der Waals surface area contributed by atoms with E-state index in [1.54, 1.807) is 12.3 Å². The molecule has 1 unspecified atom stereocenters. The van der Waals surface area contributed by atoms with Gasteiger partial charge < -0.3 is 10.1 Å². The van der Waals surface area contributed by atoms with E-state index in [1.807, 2.05) is 6.92 Å². The fourth-order valence-electron chi connectivity index (χ4n) is 2.05. The quantitative estimate of drug-likeness (QED) is 0.842. The highest BCUT2D eigenvalue weighted by atomic mass is 32.2. The first-order valence-electron chi connectivity index (χ1n) is 6.41. The maximum Gasteiger partial charge on any atom is 0.244 e. The van der Waals surface area contributed by atoms with E-state index >= 15 is 0 Å². The van der Waals surface area contributed by atoms with Crippen LogP contribution in [-0.4, -0.2) is 39.2 Å². The molecule has 6 nitrogen and oxygen atoms in total. The normalized spacial score (nSPS) is 20.2. The summed E-state index contributed by atoms with van der Waals surface area (Å²) in [5.41, 5.74) is 0.571. The van der Waals surface area contributed by atoms with Gasteiger partial charge in [-0.05, 0) is 25.8 Å². The number of hydrogen-bond donors (Lipinski definition) is 2. The van der Waals surface area contributed by atoms with Crippen LogP contribution in [0.4, 0.5) is 5.69 Å². The molecular formula is C12H19N3O3S. The molecule has 0 radical (unpaired) electrons. The molecule has 0 spiro atoms. The van der Waals surface area contributed by atoms with Crippen LogP contribution in [0.3, 0.4) is 0 Å². The van der Waals surface area contributed by atoms with Gasteiger partial charge in [-0.15, -0.1) is 0 Å². The fourth-order valence-corrected chi connectivity index (χ4v) is 3.43. The Morgan fingerprint density at radius 3 is 3.05 bits per heavy atom. The summed E-state index contributed by atoms with van der Waals surface area (Å²) in [6.07, 6.45) is 4.61. The minimum Gasteiger partial charge on any atom is -0.384 e.